The molecule has 0 N–H and O–H groups in total. The number of nitrogens with zero attached hydrogens (tertiary/aromatic N) is 2. The Morgan fingerprint density at radius 1 is 1.25 bits per heavy atom. The number of cyclic esters (lactones) is 1. The fourth-order valence-corrected chi connectivity index (χ4v) is 2.87. The van der Waals surface area contributed by atoms with Gasteiger partial charge < -0.3 is 9.64 Å². The molecule has 3 rings (SSSR count). The normalized spacial score (nSPS) is 21.4. The van der Waals surface area contributed by atoms with Crippen LogP contribution in [0.25, 0.3) is 0 Å². The van der Waals surface area contributed by atoms with Gasteiger partial charge in [0.15, 0.2) is 6.61 Å². The monoisotopic (exact) mass is 342 g/mol. The van der Waals surface area contributed by atoms with E-state index in [2.05, 4.69) is 4.74 Å². The third-order valence-electron chi connectivity index (χ3n) is 4.04. The van der Waals surface area contributed by atoms with Crippen molar-refractivity contribution >= 4 is 17.9 Å². The Morgan fingerprint density at radius 2 is 2.00 bits per heavy atom. The molecular formula is C15H13F3N2O4. The van der Waals surface area contributed by atoms with E-state index in [1.165, 1.54) is 17.0 Å². The van der Waals surface area contributed by atoms with Crippen molar-refractivity contribution in [3.8, 4) is 0 Å². The number of hydrogen-bond donors (Lipinski definition) is 0. The first-order valence-corrected chi connectivity index (χ1v) is 7.23. The Morgan fingerprint density at radius 3 is 2.62 bits per heavy atom. The van der Waals surface area contributed by atoms with Crippen molar-refractivity contribution in [2.24, 2.45) is 0 Å². The zero-order chi connectivity index (χ0) is 17.5. The van der Waals surface area contributed by atoms with E-state index in [1.807, 2.05) is 0 Å². The summed E-state index contributed by atoms with van der Waals surface area (Å²) in [6.07, 6.45) is -4.92. The second kappa shape index (κ2) is 5.81. The lowest BCUT2D eigenvalue weighted by atomic mass is 10.1. The summed E-state index contributed by atoms with van der Waals surface area (Å²) in [4.78, 5) is 37.8. The lowest BCUT2D eigenvalue weighted by molar-refractivity contribution is -0.137. The number of carbonyl (C=O) groups is 3. The number of alkyl halides is 3. The van der Waals surface area contributed by atoms with Crippen LogP contribution in [0, 0.1) is 0 Å². The van der Waals surface area contributed by atoms with Crippen LogP contribution in [0.2, 0.25) is 0 Å². The molecule has 6 nitrogen and oxygen atoms in total. The van der Waals surface area contributed by atoms with E-state index in [-0.39, 0.29) is 25.3 Å². The van der Waals surface area contributed by atoms with Crippen LogP contribution in [0.3, 0.4) is 0 Å². The largest absolute Gasteiger partial charge is 0.439 e. The van der Waals surface area contributed by atoms with Crippen LogP contribution >= 0.6 is 0 Å². The average molecular weight is 342 g/mol. The maximum absolute atomic E-state index is 12.7. The molecule has 9 heteroatoms. The van der Waals surface area contributed by atoms with E-state index in [0.29, 0.717) is 6.42 Å². The first-order valence-electron chi connectivity index (χ1n) is 7.23. The zero-order valence-electron chi connectivity index (χ0n) is 12.4. The van der Waals surface area contributed by atoms with Gasteiger partial charge in [-0.1, -0.05) is 6.07 Å². The molecule has 2 fully saturated rings. The fraction of sp³-hybridized carbons (Fsp3) is 0.400. The smallest absolute Gasteiger partial charge is 0.417 e. The molecule has 2 heterocycles. The average Bonchev–Trinajstić information content (AvgIpc) is 3.13. The molecule has 0 bridgehead atoms. The number of rotatable bonds is 2. The standard InChI is InChI=1S/C15H13F3N2O4/c16-15(17,18)10-3-1-2-9(6-10)13(22)19-5-4-11(7-19)20-12(21)8-24-14(20)23/h1-3,6,11H,4-5,7-8H2/t11-/m0/s1. The third-order valence-corrected chi connectivity index (χ3v) is 4.04. The maximum atomic E-state index is 12.7. The lowest BCUT2D eigenvalue weighted by Gasteiger charge is -2.20. The van der Waals surface area contributed by atoms with Gasteiger partial charge in [-0.25, -0.2) is 9.69 Å². The van der Waals surface area contributed by atoms with Gasteiger partial charge in [-0.15, -0.1) is 0 Å². The van der Waals surface area contributed by atoms with Crippen molar-refractivity contribution in [2.75, 3.05) is 19.7 Å². The molecule has 2 aliphatic rings. The van der Waals surface area contributed by atoms with Gasteiger partial charge in [-0.05, 0) is 24.6 Å². The number of ether oxygens (including phenoxy) is 1. The van der Waals surface area contributed by atoms with Crippen LogP contribution in [0.15, 0.2) is 24.3 Å². The van der Waals surface area contributed by atoms with Crippen molar-refractivity contribution in [1.29, 1.82) is 0 Å². The fourth-order valence-electron chi connectivity index (χ4n) is 2.87. The quantitative estimate of drug-likeness (QED) is 0.823. The summed E-state index contributed by atoms with van der Waals surface area (Å²) in [6, 6.07) is 3.65. The molecule has 24 heavy (non-hydrogen) atoms. The van der Waals surface area contributed by atoms with Gasteiger partial charge in [0.25, 0.3) is 11.8 Å². The molecule has 0 aromatic heterocycles. The maximum Gasteiger partial charge on any atom is 0.417 e. The van der Waals surface area contributed by atoms with Gasteiger partial charge in [-0.3, -0.25) is 9.59 Å². The number of hydrogen-bond acceptors (Lipinski definition) is 4. The van der Waals surface area contributed by atoms with Crippen LogP contribution < -0.4 is 0 Å². The van der Waals surface area contributed by atoms with Gasteiger partial charge in [0.05, 0.1) is 11.6 Å². The molecule has 1 aromatic carbocycles. The minimum Gasteiger partial charge on any atom is -0.439 e. The third kappa shape index (κ3) is 2.93. The van der Waals surface area contributed by atoms with Crippen molar-refractivity contribution in [2.45, 2.75) is 18.6 Å². The summed E-state index contributed by atoms with van der Waals surface area (Å²) in [7, 11) is 0. The van der Waals surface area contributed by atoms with Gasteiger partial charge in [0, 0.05) is 18.7 Å². The minimum atomic E-state index is -4.53. The summed E-state index contributed by atoms with van der Waals surface area (Å²) in [5, 5.41) is 0. The van der Waals surface area contributed by atoms with Crippen molar-refractivity contribution in [3.63, 3.8) is 0 Å². The summed E-state index contributed by atoms with van der Waals surface area (Å²) >= 11 is 0. The van der Waals surface area contributed by atoms with Crippen LogP contribution in [-0.4, -0.2) is 53.4 Å². The van der Waals surface area contributed by atoms with Gasteiger partial charge in [-0.2, -0.15) is 13.2 Å². The Labute approximate surface area is 134 Å². The van der Waals surface area contributed by atoms with E-state index < -0.39 is 35.7 Å². The summed E-state index contributed by atoms with van der Waals surface area (Å²) < 4.78 is 42.9. The Kier molecular flexibility index (Phi) is 3.94. The number of imide groups is 1. The zero-order valence-corrected chi connectivity index (χ0v) is 12.4. The molecule has 2 saturated heterocycles. The highest BCUT2D eigenvalue weighted by molar-refractivity contribution is 5.98. The number of halogens is 3. The summed E-state index contributed by atoms with van der Waals surface area (Å²) in [6.45, 7) is 0.00360. The number of carbonyl (C=O) groups excluding carboxylic acids is 3. The van der Waals surface area contributed by atoms with Crippen LogP contribution in [0.4, 0.5) is 18.0 Å². The van der Waals surface area contributed by atoms with Gasteiger partial charge in [0.2, 0.25) is 0 Å². The van der Waals surface area contributed by atoms with Crippen molar-refractivity contribution in [3.05, 3.63) is 35.4 Å². The first kappa shape index (κ1) is 16.3. The Balaban J connectivity index is 1.73. The summed E-state index contributed by atoms with van der Waals surface area (Å²) in [5.74, 6) is -1.04. The molecule has 128 valence electrons. The molecule has 0 saturated carbocycles. The second-order valence-corrected chi connectivity index (χ2v) is 5.59. The topological polar surface area (TPSA) is 66.9 Å². The predicted octanol–water partition coefficient (Wildman–Crippen LogP) is 1.90. The van der Waals surface area contributed by atoms with Gasteiger partial charge in [0.1, 0.15) is 0 Å². The van der Waals surface area contributed by atoms with Crippen LogP contribution in [0.1, 0.15) is 22.3 Å². The minimum absolute atomic E-state index is 0.0793. The van der Waals surface area contributed by atoms with E-state index in [0.717, 1.165) is 17.0 Å². The van der Waals surface area contributed by atoms with Crippen LogP contribution in [-0.2, 0) is 15.7 Å². The molecule has 0 spiro atoms. The van der Waals surface area contributed by atoms with Crippen molar-refractivity contribution < 1.29 is 32.3 Å². The number of benzene rings is 1. The SMILES string of the molecule is O=C(c1cccc(C(F)(F)F)c1)N1CC[C@H](N2C(=O)COC2=O)C1. The summed E-state index contributed by atoms with van der Waals surface area (Å²) in [5.41, 5.74) is -0.983. The first-order chi connectivity index (χ1) is 11.3. The van der Waals surface area contributed by atoms with Crippen LogP contribution in [0.5, 0.6) is 0 Å². The molecule has 1 aromatic rings. The van der Waals surface area contributed by atoms with Crippen molar-refractivity contribution in [1.82, 2.24) is 9.80 Å². The molecule has 1 atom stereocenters. The molecule has 3 amide bonds. The number of likely N-dealkylation sites (tertiary alicyclic amines) is 1. The van der Waals surface area contributed by atoms with E-state index in [1.54, 1.807) is 0 Å². The Bertz CT molecular complexity index is 688. The second-order valence-electron chi connectivity index (χ2n) is 5.59. The predicted molar refractivity (Wildman–Crippen MR) is 73.9 cm³/mol. The molecule has 2 aliphatic heterocycles. The van der Waals surface area contributed by atoms with E-state index >= 15 is 0 Å². The molecular weight excluding hydrogens is 329 g/mol. The van der Waals surface area contributed by atoms with Gasteiger partial charge >= 0.3 is 12.3 Å². The highest BCUT2D eigenvalue weighted by Gasteiger charge is 2.41. The lowest BCUT2D eigenvalue weighted by Crippen LogP contribution is -2.42. The Hall–Kier alpha value is -2.58. The molecule has 0 radical (unpaired) electrons. The van der Waals surface area contributed by atoms with E-state index in [9.17, 15) is 27.6 Å². The molecule has 0 aliphatic carbocycles. The highest BCUT2D eigenvalue weighted by Crippen LogP contribution is 2.30. The van der Waals surface area contributed by atoms with E-state index in [4.69, 9.17) is 0 Å². The molecule has 0 unspecified atom stereocenters. The highest BCUT2D eigenvalue weighted by atomic mass is 19.4. The number of amides is 3.